The number of phenolic OH excluding ortho intramolecular Hbond substituents is 1. The zero-order valence-corrected chi connectivity index (χ0v) is 13.8. The van der Waals surface area contributed by atoms with Gasteiger partial charge >= 0.3 is 0 Å². The van der Waals surface area contributed by atoms with Crippen LogP contribution in [0, 0.1) is 11.3 Å². The molecule has 6 heteroatoms. The van der Waals surface area contributed by atoms with Gasteiger partial charge in [0.1, 0.15) is 11.6 Å². The van der Waals surface area contributed by atoms with Gasteiger partial charge in [0.2, 0.25) is 0 Å². The van der Waals surface area contributed by atoms with Crippen molar-refractivity contribution in [3.05, 3.63) is 59.2 Å². The van der Waals surface area contributed by atoms with Crippen LogP contribution in [-0.2, 0) is 10.5 Å². The van der Waals surface area contributed by atoms with Gasteiger partial charge < -0.3 is 15.6 Å². The summed E-state index contributed by atoms with van der Waals surface area (Å²) in [5.41, 5.74) is 6.19. The highest BCUT2D eigenvalue weighted by molar-refractivity contribution is 7.98. The Bertz CT molecular complexity index is 811. The fraction of sp³-hybridized carbons (Fsp3) is 0.111. The lowest BCUT2D eigenvalue weighted by Gasteiger charge is -2.11. The minimum absolute atomic E-state index is 0.0377. The van der Waals surface area contributed by atoms with Crippen molar-refractivity contribution in [2.75, 3.05) is 7.11 Å². The standard InChI is InChI=1S/C18H16N2O3S/c1-23-16-9-12(7-13(10-19)18(20)22)8-14(17(16)21)11-24-15-5-3-2-4-6-15/h2-9,21H,11H2,1H3,(H2,20,22)/b13-7-. The quantitative estimate of drug-likeness (QED) is 0.478. The maximum Gasteiger partial charge on any atom is 0.259 e. The minimum atomic E-state index is -0.801. The fourth-order valence-electron chi connectivity index (χ4n) is 2.04. The van der Waals surface area contributed by atoms with Gasteiger partial charge in [0.05, 0.1) is 7.11 Å². The fourth-order valence-corrected chi connectivity index (χ4v) is 2.93. The number of primary amides is 1. The van der Waals surface area contributed by atoms with Crippen LogP contribution in [0.3, 0.4) is 0 Å². The van der Waals surface area contributed by atoms with E-state index >= 15 is 0 Å². The van der Waals surface area contributed by atoms with Gasteiger partial charge in [-0.25, -0.2) is 0 Å². The Morgan fingerprint density at radius 2 is 2.08 bits per heavy atom. The van der Waals surface area contributed by atoms with Crippen molar-refractivity contribution in [2.45, 2.75) is 10.6 Å². The van der Waals surface area contributed by atoms with Crippen molar-refractivity contribution >= 4 is 23.7 Å². The highest BCUT2D eigenvalue weighted by Gasteiger charge is 2.12. The summed E-state index contributed by atoms with van der Waals surface area (Å²) in [4.78, 5) is 12.3. The van der Waals surface area contributed by atoms with Crippen LogP contribution in [-0.4, -0.2) is 18.1 Å². The van der Waals surface area contributed by atoms with E-state index in [-0.39, 0.29) is 17.1 Å². The number of methoxy groups -OCH3 is 1. The molecule has 1 amide bonds. The average molecular weight is 340 g/mol. The topological polar surface area (TPSA) is 96.3 Å². The molecule has 0 aliphatic carbocycles. The van der Waals surface area contributed by atoms with Crippen molar-refractivity contribution in [2.24, 2.45) is 5.73 Å². The van der Waals surface area contributed by atoms with Crippen LogP contribution in [0.2, 0.25) is 0 Å². The summed E-state index contributed by atoms with van der Waals surface area (Å²) >= 11 is 1.55. The maximum absolute atomic E-state index is 11.2. The van der Waals surface area contributed by atoms with Crippen molar-refractivity contribution in [3.63, 3.8) is 0 Å². The lowest BCUT2D eigenvalue weighted by molar-refractivity contribution is -0.114. The number of carbonyl (C=O) groups excluding carboxylic acids is 1. The summed E-state index contributed by atoms with van der Waals surface area (Å²) in [6.07, 6.45) is 1.38. The van der Waals surface area contributed by atoms with Gasteiger partial charge in [0.15, 0.2) is 11.5 Å². The Morgan fingerprint density at radius 3 is 2.67 bits per heavy atom. The molecule has 0 spiro atoms. The third-order valence-corrected chi connectivity index (χ3v) is 4.29. The van der Waals surface area contributed by atoms with E-state index in [4.69, 9.17) is 15.7 Å². The monoisotopic (exact) mass is 340 g/mol. The predicted molar refractivity (Wildman–Crippen MR) is 93.4 cm³/mol. The number of thioether (sulfide) groups is 1. The van der Waals surface area contributed by atoms with Crippen LogP contribution in [0.1, 0.15) is 11.1 Å². The predicted octanol–water partition coefficient (Wildman–Crippen LogP) is 3.09. The smallest absolute Gasteiger partial charge is 0.259 e. The molecule has 0 aliphatic rings. The van der Waals surface area contributed by atoms with Gasteiger partial charge in [0, 0.05) is 16.2 Å². The first-order valence-electron chi connectivity index (χ1n) is 7.04. The lowest BCUT2D eigenvalue weighted by atomic mass is 10.1. The van der Waals surface area contributed by atoms with Crippen LogP contribution in [0.4, 0.5) is 0 Å². The summed E-state index contributed by atoms with van der Waals surface area (Å²) in [7, 11) is 1.44. The summed E-state index contributed by atoms with van der Waals surface area (Å²) in [5, 5.41) is 19.2. The number of hydrogen-bond acceptors (Lipinski definition) is 5. The molecule has 0 saturated heterocycles. The molecule has 2 aromatic rings. The van der Waals surface area contributed by atoms with Crippen LogP contribution in [0.15, 0.2) is 52.9 Å². The number of rotatable bonds is 6. The summed E-state index contributed by atoms with van der Waals surface area (Å²) < 4.78 is 5.17. The third kappa shape index (κ3) is 4.31. The van der Waals surface area contributed by atoms with Crippen molar-refractivity contribution in [3.8, 4) is 17.6 Å². The van der Waals surface area contributed by atoms with Gasteiger partial charge in [-0.1, -0.05) is 18.2 Å². The molecule has 0 fully saturated rings. The number of hydrogen-bond donors (Lipinski definition) is 2. The molecule has 122 valence electrons. The highest BCUT2D eigenvalue weighted by Crippen LogP contribution is 2.36. The molecule has 0 atom stereocenters. The van der Waals surface area contributed by atoms with E-state index in [2.05, 4.69) is 0 Å². The van der Waals surface area contributed by atoms with E-state index in [0.29, 0.717) is 16.9 Å². The number of nitriles is 1. The first-order chi connectivity index (χ1) is 11.5. The molecular weight excluding hydrogens is 324 g/mol. The van der Waals surface area contributed by atoms with E-state index in [0.717, 1.165) is 4.90 Å². The van der Waals surface area contributed by atoms with Crippen LogP contribution in [0.5, 0.6) is 11.5 Å². The van der Waals surface area contributed by atoms with E-state index in [1.165, 1.54) is 13.2 Å². The number of nitrogens with two attached hydrogens (primary N) is 1. The third-order valence-electron chi connectivity index (χ3n) is 3.23. The number of nitrogens with zero attached hydrogens (tertiary/aromatic N) is 1. The molecule has 0 unspecified atom stereocenters. The number of amides is 1. The van der Waals surface area contributed by atoms with Crippen molar-refractivity contribution < 1.29 is 14.6 Å². The second-order valence-electron chi connectivity index (χ2n) is 4.87. The second-order valence-corrected chi connectivity index (χ2v) is 5.92. The van der Waals surface area contributed by atoms with Gasteiger partial charge in [-0.2, -0.15) is 5.26 Å². The Morgan fingerprint density at radius 1 is 1.38 bits per heavy atom. The first-order valence-corrected chi connectivity index (χ1v) is 8.03. The Kier molecular flexibility index (Phi) is 5.88. The molecule has 0 radical (unpaired) electrons. The minimum Gasteiger partial charge on any atom is -0.504 e. The van der Waals surface area contributed by atoms with Crippen LogP contribution in [0.25, 0.3) is 6.08 Å². The normalized spacial score (nSPS) is 10.9. The number of ether oxygens (including phenoxy) is 1. The SMILES string of the molecule is COc1cc(/C=C(/C#N)C(N)=O)cc(CSc2ccccc2)c1O. The Balaban J connectivity index is 2.35. The Labute approximate surface area is 144 Å². The molecule has 2 aromatic carbocycles. The molecule has 5 nitrogen and oxygen atoms in total. The van der Waals surface area contributed by atoms with E-state index in [9.17, 15) is 9.90 Å². The number of phenols is 1. The van der Waals surface area contributed by atoms with Crippen molar-refractivity contribution in [1.29, 1.82) is 5.26 Å². The van der Waals surface area contributed by atoms with E-state index < -0.39 is 5.91 Å². The lowest BCUT2D eigenvalue weighted by Crippen LogP contribution is -2.12. The Hall–Kier alpha value is -2.91. The second kappa shape index (κ2) is 8.09. The van der Waals surface area contributed by atoms with E-state index in [1.807, 2.05) is 30.3 Å². The highest BCUT2D eigenvalue weighted by atomic mass is 32.2. The molecule has 0 saturated carbocycles. The zero-order chi connectivity index (χ0) is 17.5. The molecule has 0 aromatic heterocycles. The average Bonchev–Trinajstić information content (AvgIpc) is 2.60. The summed E-state index contributed by atoms with van der Waals surface area (Å²) in [5.74, 6) is 0.0152. The molecule has 0 bridgehead atoms. The van der Waals surface area contributed by atoms with Gasteiger partial charge in [-0.05, 0) is 35.9 Å². The molecule has 0 aliphatic heterocycles. The van der Waals surface area contributed by atoms with Crippen molar-refractivity contribution in [1.82, 2.24) is 0 Å². The number of benzene rings is 2. The molecule has 0 heterocycles. The van der Waals surface area contributed by atoms with Crippen LogP contribution >= 0.6 is 11.8 Å². The zero-order valence-electron chi connectivity index (χ0n) is 13.0. The molecule has 24 heavy (non-hydrogen) atoms. The van der Waals surface area contributed by atoms with Gasteiger partial charge in [0.25, 0.3) is 5.91 Å². The number of carbonyl (C=O) groups is 1. The summed E-state index contributed by atoms with van der Waals surface area (Å²) in [6, 6.07) is 14.8. The maximum atomic E-state index is 11.2. The van der Waals surface area contributed by atoms with E-state index in [1.54, 1.807) is 30.0 Å². The van der Waals surface area contributed by atoms with Crippen LogP contribution < -0.4 is 10.5 Å². The summed E-state index contributed by atoms with van der Waals surface area (Å²) in [6.45, 7) is 0. The van der Waals surface area contributed by atoms with Gasteiger partial charge in [-0.3, -0.25) is 4.79 Å². The first kappa shape index (κ1) is 17.4. The number of aromatic hydroxyl groups is 1. The molecular formula is C18H16N2O3S. The molecule has 2 rings (SSSR count). The molecule has 3 N–H and O–H groups in total. The van der Waals surface area contributed by atoms with Gasteiger partial charge in [-0.15, -0.1) is 11.8 Å². The largest absolute Gasteiger partial charge is 0.504 e.